The molecule has 1 amide bonds. The van der Waals surface area contributed by atoms with Gasteiger partial charge in [-0.3, -0.25) is 9.69 Å². The van der Waals surface area contributed by atoms with E-state index < -0.39 is 5.97 Å². The molecule has 1 aromatic heterocycles. The van der Waals surface area contributed by atoms with E-state index in [1.807, 2.05) is 12.1 Å². The first-order valence-electron chi connectivity index (χ1n) is 11.1. The minimum atomic E-state index is -0.403. The second-order valence-electron chi connectivity index (χ2n) is 8.06. The van der Waals surface area contributed by atoms with Gasteiger partial charge in [0.25, 0.3) is 5.91 Å². The van der Waals surface area contributed by atoms with E-state index in [4.69, 9.17) is 9.15 Å². The van der Waals surface area contributed by atoms with Crippen LogP contribution in [0.3, 0.4) is 0 Å². The van der Waals surface area contributed by atoms with Gasteiger partial charge in [0, 0.05) is 12.2 Å². The second-order valence-corrected chi connectivity index (χ2v) is 8.06. The molecule has 172 valence electrons. The highest BCUT2D eigenvalue weighted by molar-refractivity contribution is 6.02. The Morgan fingerprint density at radius 2 is 1.67 bits per heavy atom. The molecule has 0 bridgehead atoms. The minimum absolute atomic E-state index is 0.163. The van der Waals surface area contributed by atoms with Gasteiger partial charge in [-0.25, -0.2) is 4.79 Å². The van der Waals surface area contributed by atoms with E-state index in [0.29, 0.717) is 17.1 Å². The molecule has 0 unspecified atom stereocenters. The van der Waals surface area contributed by atoms with Crippen LogP contribution >= 0.6 is 0 Å². The Morgan fingerprint density at radius 1 is 0.939 bits per heavy atom. The molecule has 4 rings (SSSR count). The number of esters is 1. The molecular weight excluding hydrogens is 420 g/mol. The Labute approximate surface area is 193 Å². The molecule has 0 radical (unpaired) electrons. The Morgan fingerprint density at radius 3 is 2.36 bits per heavy atom. The number of nitrogens with zero attached hydrogens (tertiary/aromatic N) is 1. The van der Waals surface area contributed by atoms with Crippen LogP contribution in [-0.4, -0.2) is 37.0 Å². The lowest BCUT2D eigenvalue weighted by molar-refractivity contribution is 0.0600. The molecule has 0 spiro atoms. The van der Waals surface area contributed by atoms with Crippen LogP contribution in [0, 0.1) is 0 Å². The smallest absolute Gasteiger partial charge is 0.337 e. The van der Waals surface area contributed by atoms with Crippen LogP contribution in [0.2, 0.25) is 0 Å². The summed E-state index contributed by atoms with van der Waals surface area (Å²) in [5.74, 6) is 0.600. The van der Waals surface area contributed by atoms with Crippen LogP contribution in [-0.2, 0) is 17.9 Å². The molecule has 1 aliphatic heterocycles. The maximum Gasteiger partial charge on any atom is 0.337 e. The monoisotopic (exact) mass is 448 g/mol. The Balaban J connectivity index is 1.27. The van der Waals surface area contributed by atoms with Gasteiger partial charge in [-0.1, -0.05) is 18.6 Å². The number of likely N-dealkylation sites (tertiary alicyclic amines) is 1. The average Bonchev–Trinajstić information content (AvgIpc) is 3.34. The van der Waals surface area contributed by atoms with Crippen molar-refractivity contribution in [1.82, 2.24) is 4.90 Å². The number of amides is 1. The number of benzene rings is 2. The quantitative estimate of drug-likeness (QED) is 0.495. The van der Waals surface area contributed by atoms with E-state index in [1.54, 1.807) is 36.4 Å². The van der Waals surface area contributed by atoms with Crippen LogP contribution in [0.5, 0.6) is 5.75 Å². The second kappa shape index (κ2) is 10.8. The van der Waals surface area contributed by atoms with Crippen LogP contribution in [0.25, 0.3) is 0 Å². The number of hydrogen-bond donors (Lipinski definition) is 1. The third-order valence-electron chi connectivity index (χ3n) is 5.61. The van der Waals surface area contributed by atoms with Gasteiger partial charge in [-0.2, -0.15) is 0 Å². The highest BCUT2D eigenvalue weighted by Gasteiger charge is 2.13. The van der Waals surface area contributed by atoms with E-state index in [-0.39, 0.29) is 18.3 Å². The molecule has 1 fully saturated rings. The number of methoxy groups -OCH3 is 1. The first kappa shape index (κ1) is 22.6. The van der Waals surface area contributed by atoms with Gasteiger partial charge in [-0.15, -0.1) is 0 Å². The maximum atomic E-state index is 12.5. The van der Waals surface area contributed by atoms with Crippen molar-refractivity contribution in [1.29, 1.82) is 0 Å². The van der Waals surface area contributed by atoms with Crippen LogP contribution in [0.1, 0.15) is 51.5 Å². The first-order valence-corrected chi connectivity index (χ1v) is 11.1. The van der Waals surface area contributed by atoms with Crippen molar-refractivity contribution < 1.29 is 23.5 Å². The number of carbonyl (C=O) groups is 2. The minimum Gasteiger partial charge on any atom is -0.486 e. The highest BCUT2D eigenvalue weighted by Crippen LogP contribution is 2.18. The van der Waals surface area contributed by atoms with Crippen LogP contribution in [0.4, 0.5) is 5.69 Å². The molecule has 3 aromatic rings. The third-order valence-corrected chi connectivity index (χ3v) is 5.61. The Kier molecular flexibility index (Phi) is 7.42. The lowest BCUT2D eigenvalue weighted by Gasteiger charge is -2.26. The number of hydrogen-bond acceptors (Lipinski definition) is 6. The van der Waals surface area contributed by atoms with E-state index in [9.17, 15) is 9.59 Å². The van der Waals surface area contributed by atoms with E-state index in [2.05, 4.69) is 27.1 Å². The van der Waals surface area contributed by atoms with Gasteiger partial charge in [-0.05, 0) is 80.0 Å². The van der Waals surface area contributed by atoms with Crippen molar-refractivity contribution >= 4 is 17.6 Å². The van der Waals surface area contributed by atoms with Crippen molar-refractivity contribution in [3.63, 3.8) is 0 Å². The summed E-state index contributed by atoms with van der Waals surface area (Å²) in [5, 5.41) is 2.87. The van der Waals surface area contributed by atoms with Crippen molar-refractivity contribution in [2.75, 3.05) is 25.5 Å². The zero-order valence-corrected chi connectivity index (χ0v) is 18.7. The fourth-order valence-corrected chi connectivity index (χ4v) is 3.80. The standard InChI is InChI=1S/C26H28N2O5/c1-31-26(30)20-7-11-22(12-8-20)32-18-23-13-14-24(33-23)25(29)27-21-9-5-19(6-10-21)17-28-15-3-2-4-16-28/h5-14H,2-4,15-18H2,1H3,(H,27,29). The van der Waals surface area contributed by atoms with E-state index >= 15 is 0 Å². The molecule has 1 N–H and O–H groups in total. The lowest BCUT2D eigenvalue weighted by atomic mass is 10.1. The molecule has 33 heavy (non-hydrogen) atoms. The summed E-state index contributed by atoms with van der Waals surface area (Å²) < 4.78 is 16.0. The summed E-state index contributed by atoms with van der Waals surface area (Å²) in [5.41, 5.74) is 2.41. The predicted octanol–water partition coefficient (Wildman–Crippen LogP) is 4.88. The third kappa shape index (κ3) is 6.23. The normalized spacial score (nSPS) is 14.0. The van der Waals surface area contributed by atoms with Gasteiger partial charge < -0.3 is 19.2 Å². The van der Waals surface area contributed by atoms with Crippen molar-refractivity contribution in [3.8, 4) is 5.75 Å². The molecule has 7 nitrogen and oxygen atoms in total. The van der Waals surface area contributed by atoms with Crippen LogP contribution < -0.4 is 10.1 Å². The number of carbonyl (C=O) groups excluding carboxylic acids is 2. The molecule has 1 saturated heterocycles. The summed E-state index contributed by atoms with van der Waals surface area (Å²) in [7, 11) is 1.34. The molecule has 2 aromatic carbocycles. The SMILES string of the molecule is COC(=O)c1ccc(OCc2ccc(C(=O)Nc3ccc(CN4CCCCC4)cc3)o2)cc1. The molecule has 2 heterocycles. The van der Waals surface area contributed by atoms with E-state index in [0.717, 1.165) is 25.3 Å². The summed E-state index contributed by atoms with van der Waals surface area (Å²) in [6, 6.07) is 17.9. The average molecular weight is 449 g/mol. The first-order chi connectivity index (χ1) is 16.1. The van der Waals surface area contributed by atoms with Crippen molar-refractivity contribution in [3.05, 3.63) is 83.3 Å². The van der Waals surface area contributed by atoms with Crippen LogP contribution in [0.15, 0.2) is 65.1 Å². The molecule has 1 aliphatic rings. The molecular formula is C26H28N2O5. The fraction of sp³-hybridized carbons (Fsp3) is 0.308. The zero-order valence-electron chi connectivity index (χ0n) is 18.7. The Bertz CT molecular complexity index is 1070. The fourth-order valence-electron chi connectivity index (χ4n) is 3.80. The molecule has 7 heteroatoms. The number of ether oxygens (including phenoxy) is 2. The lowest BCUT2D eigenvalue weighted by Crippen LogP contribution is -2.29. The summed E-state index contributed by atoms with van der Waals surface area (Å²) in [6.45, 7) is 3.42. The topological polar surface area (TPSA) is 81.0 Å². The maximum absolute atomic E-state index is 12.5. The number of piperidine rings is 1. The number of rotatable bonds is 8. The zero-order chi connectivity index (χ0) is 23.0. The largest absolute Gasteiger partial charge is 0.486 e. The summed E-state index contributed by atoms with van der Waals surface area (Å²) in [4.78, 5) is 26.5. The van der Waals surface area contributed by atoms with E-state index in [1.165, 1.54) is 31.9 Å². The van der Waals surface area contributed by atoms with Gasteiger partial charge in [0.1, 0.15) is 18.1 Å². The Hall–Kier alpha value is -3.58. The molecule has 0 atom stereocenters. The summed E-state index contributed by atoms with van der Waals surface area (Å²) >= 11 is 0. The van der Waals surface area contributed by atoms with Gasteiger partial charge in [0.05, 0.1) is 12.7 Å². The number of furan rings is 1. The molecule has 0 aliphatic carbocycles. The predicted molar refractivity (Wildman–Crippen MR) is 124 cm³/mol. The number of nitrogens with one attached hydrogen (secondary N) is 1. The molecule has 0 saturated carbocycles. The van der Waals surface area contributed by atoms with Gasteiger partial charge >= 0.3 is 5.97 Å². The number of anilines is 1. The summed E-state index contributed by atoms with van der Waals surface area (Å²) in [6.07, 6.45) is 3.87. The van der Waals surface area contributed by atoms with Crippen molar-refractivity contribution in [2.45, 2.75) is 32.4 Å². The van der Waals surface area contributed by atoms with Gasteiger partial charge in [0.15, 0.2) is 5.76 Å². The van der Waals surface area contributed by atoms with Gasteiger partial charge in [0.2, 0.25) is 0 Å². The highest BCUT2D eigenvalue weighted by atomic mass is 16.5. The van der Waals surface area contributed by atoms with Crippen molar-refractivity contribution in [2.24, 2.45) is 0 Å².